The maximum absolute atomic E-state index is 9.42. The lowest BCUT2D eigenvalue weighted by molar-refractivity contribution is 0.189. The predicted molar refractivity (Wildman–Crippen MR) is 68.6 cm³/mol. The molecular formula is C12H15N5O. The lowest BCUT2D eigenvalue weighted by Gasteiger charge is -2.08. The van der Waals surface area contributed by atoms with E-state index in [1.807, 2.05) is 30.3 Å². The van der Waals surface area contributed by atoms with Gasteiger partial charge in [0.15, 0.2) is 5.82 Å². The first-order chi connectivity index (χ1) is 8.65. The van der Waals surface area contributed by atoms with Crippen molar-refractivity contribution in [2.24, 2.45) is 0 Å². The second kappa shape index (κ2) is 5.42. The second-order valence-electron chi connectivity index (χ2n) is 3.89. The number of aliphatic hydroxyl groups is 1. The van der Waals surface area contributed by atoms with E-state index >= 15 is 0 Å². The Bertz CT molecular complexity index is 515. The lowest BCUT2D eigenvalue weighted by atomic mass is 10.2. The topological polar surface area (TPSA) is 97.0 Å². The maximum atomic E-state index is 9.42. The van der Waals surface area contributed by atoms with Crippen LogP contribution in [0.4, 0.5) is 11.9 Å². The Labute approximate surface area is 105 Å². The van der Waals surface area contributed by atoms with E-state index in [4.69, 9.17) is 5.73 Å². The maximum Gasteiger partial charge on any atom is 0.228 e. The third-order valence-electron chi connectivity index (χ3n) is 2.34. The summed E-state index contributed by atoms with van der Waals surface area (Å²) in [6.07, 6.45) is -0.771. The molecule has 6 heteroatoms. The fourth-order valence-corrected chi connectivity index (χ4v) is 1.45. The van der Waals surface area contributed by atoms with E-state index in [1.54, 1.807) is 6.92 Å². The van der Waals surface area contributed by atoms with Crippen LogP contribution in [0, 0.1) is 0 Å². The molecule has 1 aromatic carbocycles. The smallest absolute Gasteiger partial charge is 0.228 e. The zero-order valence-corrected chi connectivity index (χ0v) is 10.0. The van der Waals surface area contributed by atoms with E-state index in [1.165, 1.54) is 0 Å². The van der Waals surface area contributed by atoms with Crippen molar-refractivity contribution in [3.05, 3.63) is 41.7 Å². The van der Waals surface area contributed by atoms with E-state index in [0.717, 1.165) is 5.56 Å². The summed E-state index contributed by atoms with van der Waals surface area (Å²) in [5.41, 5.74) is 6.66. The van der Waals surface area contributed by atoms with Gasteiger partial charge in [-0.1, -0.05) is 30.3 Å². The van der Waals surface area contributed by atoms with Crippen LogP contribution in [0.3, 0.4) is 0 Å². The van der Waals surface area contributed by atoms with Crippen molar-refractivity contribution in [2.45, 2.75) is 19.6 Å². The molecule has 4 N–H and O–H groups in total. The quantitative estimate of drug-likeness (QED) is 0.746. The minimum Gasteiger partial charge on any atom is -0.385 e. The molecule has 0 spiro atoms. The summed E-state index contributed by atoms with van der Waals surface area (Å²) in [7, 11) is 0. The summed E-state index contributed by atoms with van der Waals surface area (Å²) < 4.78 is 0. The highest BCUT2D eigenvalue weighted by molar-refractivity contribution is 5.32. The summed E-state index contributed by atoms with van der Waals surface area (Å²) in [6.45, 7) is 2.17. The Morgan fingerprint density at radius 3 is 2.61 bits per heavy atom. The molecule has 0 fully saturated rings. The molecule has 6 nitrogen and oxygen atoms in total. The van der Waals surface area contributed by atoms with Crippen molar-refractivity contribution in [3.8, 4) is 0 Å². The third kappa shape index (κ3) is 3.14. The van der Waals surface area contributed by atoms with E-state index in [9.17, 15) is 5.11 Å². The van der Waals surface area contributed by atoms with Crippen LogP contribution in [0.15, 0.2) is 30.3 Å². The van der Waals surface area contributed by atoms with Gasteiger partial charge >= 0.3 is 0 Å². The van der Waals surface area contributed by atoms with Crippen LogP contribution in [0.25, 0.3) is 0 Å². The van der Waals surface area contributed by atoms with E-state index in [-0.39, 0.29) is 11.8 Å². The summed E-state index contributed by atoms with van der Waals surface area (Å²) in [6, 6.07) is 9.86. The van der Waals surface area contributed by atoms with Crippen LogP contribution in [-0.2, 0) is 6.54 Å². The van der Waals surface area contributed by atoms with Crippen molar-refractivity contribution in [2.75, 3.05) is 11.1 Å². The molecule has 0 amide bonds. The monoisotopic (exact) mass is 245 g/mol. The zero-order valence-electron chi connectivity index (χ0n) is 10.0. The zero-order chi connectivity index (χ0) is 13.0. The Kier molecular flexibility index (Phi) is 3.69. The molecule has 2 aromatic rings. The lowest BCUT2D eigenvalue weighted by Crippen LogP contribution is -2.11. The molecule has 0 aliphatic rings. The van der Waals surface area contributed by atoms with E-state index in [2.05, 4.69) is 20.3 Å². The normalized spacial score (nSPS) is 12.1. The second-order valence-corrected chi connectivity index (χ2v) is 3.89. The van der Waals surface area contributed by atoms with Gasteiger partial charge in [-0.3, -0.25) is 0 Å². The fourth-order valence-electron chi connectivity index (χ4n) is 1.45. The van der Waals surface area contributed by atoms with E-state index in [0.29, 0.717) is 12.5 Å². The molecule has 0 aliphatic heterocycles. The standard InChI is InChI=1S/C12H15N5O/c1-8(18)10-15-11(13)17-12(16-10)14-7-9-5-3-2-4-6-9/h2-6,8,18H,7H2,1H3,(H3,13,14,15,16,17). The number of benzene rings is 1. The van der Waals surface area contributed by atoms with Crippen LogP contribution in [0.2, 0.25) is 0 Å². The van der Waals surface area contributed by atoms with Gasteiger partial charge in [-0.15, -0.1) is 0 Å². The highest BCUT2D eigenvalue weighted by Crippen LogP contribution is 2.10. The molecule has 94 valence electrons. The minimum atomic E-state index is -0.771. The molecule has 0 saturated heterocycles. The summed E-state index contributed by atoms with van der Waals surface area (Å²) in [5.74, 6) is 0.719. The van der Waals surface area contributed by atoms with Gasteiger partial charge in [0.1, 0.15) is 6.10 Å². The number of nitrogens with one attached hydrogen (secondary N) is 1. The average Bonchev–Trinajstić information content (AvgIpc) is 2.37. The van der Waals surface area contributed by atoms with Gasteiger partial charge in [0.05, 0.1) is 0 Å². The average molecular weight is 245 g/mol. The number of rotatable bonds is 4. The molecule has 0 radical (unpaired) electrons. The van der Waals surface area contributed by atoms with Gasteiger partial charge < -0.3 is 16.2 Å². The Morgan fingerprint density at radius 2 is 1.94 bits per heavy atom. The molecule has 0 saturated carbocycles. The first kappa shape index (κ1) is 12.3. The molecule has 0 bridgehead atoms. The Hall–Kier alpha value is -2.21. The third-order valence-corrected chi connectivity index (χ3v) is 2.34. The molecular weight excluding hydrogens is 230 g/mol. The van der Waals surface area contributed by atoms with Gasteiger partial charge in [-0.25, -0.2) is 0 Å². The fraction of sp³-hybridized carbons (Fsp3) is 0.250. The number of hydrogen-bond donors (Lipinski definition) is 3. The van der Waals surface area contributed by atoms with Gasteiger partial charge in [-0.05, 0) is 12.5 Å². The van der Waals surface area contributed by atoms with Crippen LogP contribution in [0.1, 0.15) is 24.4 Å². The Morgan fingerprint density at radius 1 is 1.22 bits per heavy atom. The van der Waals surface area contributed by atoms with Gasteiger partial charge in [0, 0.05) is 6.54 Å². The number of anilines is 2. The molecule has 18 heavy (non-hydrogen) atoms. The number of nitrogen functional groups attached to an aromatic ring is 1. The number of aromatic nitrogens is 3. The number of nitrogens with zero attached hydrogens (tertiary/aromatic N) is 3. The Balaban J connectivity index is 2.10. The molecule has 2 rings (SSSR count). The number of nitrogens with two attached hydrogens (primary N) is 1. The number of aliphatic hydroxyl groups excluding tert-OH is 1. The van der Waals surface area contributed by atoms with Crippen LogP contribution in [0.5, 0.6) is 0 Å². The largest absolute Gasteiger partial charge is 0.385 e. The van der Waals surface area contributed by atoms with Crippen molar-refractivity contribution in [3.63, 3.8) is 0 Å². The van der Waals surface area contributed by atoms with E-state index < -0.39 is 6.10 Å². The molecule has 1 unspecified atom stereocenters. The van der Waals surface area contributed by atoms with Crippen LogP contribution < -0.4 is 11.1 Å². The first-order valence-corrected chi connectivity index (χ1v) is 5.62. The van der Waals surface area contributed by atoms with Gasteiger partial charge in [0.2, 0.25) is 11.9 Å². The van der Waals surface area contributed by atoms with Gasteiger partial charge in [-0.2, -0.15) is 15.0 Å². The number of hydrogen-bond acceptors (Lipinski definition) is 6. The first-order valence-electron chi connectivity index (χ1n) is 5.62. The highest BCUT2D eigenvalue weighted by atomic mass is 16.3. The minimum absolute atomic E-state index is 0.0939. The molecule has 0 aliphatic carbocycles. The highest BCUT2D eigenvalue weighted by Gasteiger charge is 2.08. The van der Waals surface area contributed by atoms with Crippen molar-refractivity contribution in [1.29, 1.82) is 0 Å². The van der Waals surface area contributed by atoms with Crippen molar-refractivity contribution in [1.82, 2.24) is 15.0 Å². The van der Waals surface area contributed by atoms with Gasteiger partial charge in [0.25, 0.3) is 0 Å². The summed E-state index contributed by atoms with van der Waals surface area (Å²) in [5, 5.41) is 12.5. The SMILES string of the molecule is CC(O)c1nc(N)nc(NCc2ccccc2)n1. The van der Waals surface area contributed by atoms with Crippen LogP contribution >= 0.6 is 0 Å². The van der Waals surface area contributed by atoms with Crippen molar-refractivity contribution >= 4 is 11.9 Å². The predicted octanol–water partition coefficient (Wildman–Crippen LogP) is 1.12. The van der Waals surface area contributed by atoms with Crippen molar-refractivity contribution < 1.29 is 5.11 Å². The summed E-state index contributed by atoms with van der Waals surface area (Å²) in [4.78, 5) is 11.9. The molecule has 1 atom stereocenters. The van der Waals surface area contributed by atoms with Crippen LogP contribution in [-0.4, -0.2) is 20.1 Å². The summed E-state index contributed by atoms with van der Waals surface area (Å²) >= 11 is 0. The molecule has 1 heterocycles. The molecule has 1 aromatic heterocycles.